The molecule has 0 N–H and O–H groups in total. The predicted molar refractivity (Wildman–Crippen MR) is 80.5 cm³/mol. The van der Waals surface area contributed by atoms with Crippen molar-refractivity contribution in [2.24, 2.45) is 7.05 Å². The molecular formula is C15H16ClN3O. The molecule has 0 aliphatic rings. The number of benzene rings is 1. The molecule has 0 saturated heterocycles. The van der Waals surface area contributed by atoms with Crippen LogP contribution in [0.5, 0.6) is 5.75 Å². The van der Waals surface area contributed by atoms with Crippen molar-refractivity contribution in [2.45, 2.75) is 13.5 Å². The van der Waals surface area contributed by atoms with Crippen LogP contribution in [0.3, 0.4) is 0 Å². The molecule has 0 aliphatic heterocycles. The summed E-state index contributed by atoms with van der Waals surface area (Å²) in [4.78, 5) is 0. The van der Waals surface area contributed by atoms with Crippen molar-refractivity contribution < 1.29 is 4.74 Å². The van der Waals surface area contributed by atoms with Crippen LogP contribution in [-0.4, -0.2) is 21.5 Å². The summed E-state index contributed by atoms with van der Waals surface area (Å²) >= 11 is 6.31. The highest BCUT2D eigenvalue weighted by molar-refractivity contribution is 6.31. The minimum Gasteiger partial charge on any atom is -0.497 e. The summed E-state index contributed by atoms with van der Waals surface area (Å²) in [7, 11) is 3.60. The van der Waals surface area contributed by atoms with E-state index in [2.05, 4.69) is 28.0 Å². The van der Waals surface area contributed by atoms with Crippen molar-refractivity contribution in [2.75, 3.05) is 7.11 Å². The van der Waals surface area contributed by atoms with Crippen LogP contribution in [0, 0.1) is 6.92 Å². The van der Waals surface area contributed by atoms with Gasteiger partial charge < -0.3 is 9.30 Å². The van der Waals surface area contributed by atoms with Gasteiger partial charge in [0, 0.05) is 24.1 Å². The molecular weight excluding hydrogens is 274 g/mol. The number of rotatable bonds is 3. The lowest BCUT2D eigenvalue weighted by atomic mass is 10.2. The van der Waals surface area contributed by atoms with Crippen LogP contribution >= 0.6 is 11.6 Å². The Morgan fingerprint density at radius 3 is 2.75 bits per heavy atom. The Kier molecular flexibility index (Phi) is 3.18. The highest BCUT2D eigenvalue weighted by Crippen LogP contribution is 2.25. The first-order valence-corrected chi connectivity index (χ1v) is 6.79. The van der Waals surface area contributed by atoms with Gasteiger partial charge in [-0.15, -0.1) is 0 Å². The lowest BCUT2D eigenvalue weighted by Gasteiger charge is -2.07. The normalized spacial score (nSPS) is 11.2. The molecule has 3 rings (SSSR count). The molecule has 3 aromatic rings. The summed E-state index contributed by atoms with van der Waals surface area (Å²) in [6.45, 7) is 2.62. The summed E-state index contributed by atoms with van der Waals surface area (Å²) < 4.78 is 9.25. The average Bonchev–Trinajstić information content (AvgIpc) is 2.95. The van der Waals surface area contributed by atoms with Crippen molar-refractivity contribution in [3.8, 4) is 5.75 Å². The van der Waals surface area contributed by atoms with E-state index in [1.165, 1.54) is 0 Å². The molecule has 1 aromatic carbocycles. The van der Waals surface area contributed by atoms with E-state index >= 15 is 0 Å². The first-order valence-electron chi connectivity index (χ1n) is 6.41. The number of aryl methyl sites for hydroxylation is 2. The lowest BCUT2D eigenvalue weighted by molar-refractivity contribution is 0.415. The van der Waals surface area contributed by atoms with Gasteiger partial charge in [-0.3, -0.25) is 4.68 Å². The molecule has 0 bridgehead atoms. The number of ether oxygens (including phenoxy) is 1. The molecule has 0 atom stereocenters. The molecule has 5 heteroatoms. The third-order valence-electron chi connectivity index (χ3n) is 3.56. The lowest BCUT2D eigenvalue weighted by Crippen LogP contribution is -2.05. The third-order valence-corrected chi connectivity index (χ3v) is 4.05. The Morgan fingerprint density at radius 1 is 1.30 bits per heavy atom. The maximum absolute atomic E-state index is 6.31. The van der Waals surface area contributed by atoms with Crippen molar-refractivity contribution in [1.29, 1.82) is 0 Å². The molecule has 2 aromatic heterocycles. The Labute approximate surface area is 122 Å². The number of halogens is 1. The molecule has 20 heavy (non-hydrogen) atoms. The molecule has 0 spiro atoms. The fraction of sp³-hybridized carbons (Fsp3) is 0.267. The number of nitrogens with zero attached hydrogens (tertiary/aromatic N) is 3. The standard InChI is InChI=1S/C15H16ClN3O/c1-10-15(16)14(18(2)17-10)9-19-7-6-11-8-12(20-3)4-5-13(11)19/h4-8H,9H2,1-3H3. The van der Waals surface area contributed by atoms with Gasteiger partial charge in [0.2, 0.25) is 0 Å². The summed E-state index contributed by atoms with van der Waals surface area (Å²) in [5.74, 6) is 0.865. The largest absolute Gasteiger partial charge is 0.497 e. The minimum absolute atomic E-state index is 0.700. The number of hydrogen-bond donors (Lipinski definition) is 0. The number of aromatic nitrogens is 3. The van der Waals surface area contributed by atoms with Crippen LogP contribution in [0.2, 0.25) is 5.02 Å². The second kappa shape index (κ2) is 4.87. The van der Waals surface area contributed by atoms with Crippen molar-refractivity contribution in [3.63, 3.8) is 0 Å². The van der Waals surface area contributed by atoms with Crippen LogP contribution in [0.1, 0.15) is 11.4 Å². The van der Waals surface area contributed by atoms with E-state index < -0.39 is 0 Å². The van der Waals surface area contributed by atoms with E-state index in [1.807, 2.05) is 30.8 Å². The number of fused-ring (bicyclic) bond motifs is 1. The van der Waals surface area contributed by atoms with E-state index in [1.54, 1.807) is 7.11 Å². The summed E-state index contributed by atoms with van der Waals surface area (Å²) in [5.41, 5.74) is 3.03. The first-order chi connectivity index (χ1) is 9.60. The third kappa shape index (κ3) is 2.06. The highest BCUT2D eigenvalue weighted by atomic mass is 35.5. The minimum atomic E-state index is 0.700. The predicted octanol–water partition coefficient (Wildman–Crippen LogP) is 3.39. The summed E-state index contributed by atoms with van der Waals surface area (Å²) in [5, 5.41) is 6.24. The van der Waals surface area contributed by atoms with Gasteiger partial charge >= 0.3 is 0 Å². The van der Waals surface area contributed by atoms with Gasteiger partial charge in [-0.2, -0.15) is 5.10 Å². The van der Waals surface area contributed by atoms with Gasteiger partial charge in [-0.25, -0.2) is 0 Å². The van der Waals surface area contributed by atoms with Crippen LogP contribution in [0.4, 0.5) is 0 Å². The quantitative estimate of drug-likeness (QED) is 0.740. The second-order valence-electron chi connectivity index (χ2n) is 4.84. The van der Waals surface area contributed by atoms with E-state index in [0.717, 1.165) is 33.1 Å². The summed E-state index contributed by atoms with van der Waals surface area (Å²) in [6.07, 6.45) is 2.06. The molecule has 2 heterocycles. The zero-order valence-electron chi connectivity index (χ0n) is 11.7. The Balaban J connectivity index is 2.03. The SMILES string of the molecule is COc1ccc2c(ccn2Cc2c(Cl)c(C)nn2C)c1. The molecule has 0 saturated carbocycles. The fourth-order valence-electron chi connectivity index (χ4n) is 2.46. The maximum Gasteiger partial charge on any atom is 0.119 e. The van der Waals surface area contributed by atoms with Crippen molar-refractivity contribution >= 4 is 22.5 Å². The zero-order chi connectivity index (χ0) is 14.3. The van der Waals surface area contributed by atoms with Crippen LogP contribution in [0.15, 0.2) is 30.5 Å². The Morgan fingerprint density at radius 2 is 2.10 bits per heavy atom. The van der Waals surface area contributed by atoms with Gasteiger partial charge in [-0.1, -0.05) is 11.6 Å². The van der Waals surface area contributed by atoms with Gasteiger partial charge in [0.25, 0.3) is 0 Å². The van der Waals surface area contributed by atoms with E-state index in [9.17, 15) is 0 Å². The zero-order valence-corrected chi connectivity index (χ0v) is 12.5. The van der Waals surface area contributed by atoms with Crippen LogP contribution in [-0.2, 0) is 13.6 Å². The van der Waals surface area contributed by atoms with E-state index in [4.69, 9.17) is 16.3 Å². The molecule has 104 valence electrons. The fourth-order valence-corrected chi connectivity index (χ4v) is 2.68. The van der Waals surface area contributed by atoms with Gasteiger partial charge in [0.05, 0.1) is 30.1 Å². The van der Waals surface area contributed by atoms with Crippen molar-refractivity contribution in [3.05, 3.63) is 46.9 Å². The van der Waals surface area contributed by atoms with Crippen LogP contribution in [0.25, 0.3) is 10.9 Å². The molecule has 0 amide bonds. The maximum atomic E-state index is 6.31. The number of hydrogen-bond acceptors (Lipinski definition) is 2. The topological polar surface area (TPSA) is 32.0 Å². The molecule has 0 radical (unpaired) electrons. The number of methoxy groups -OCH3 is 1. The summed E-state index contributed by atoms with van der Waals surface area (Å²) in [6, 6.07) is 8.14. The van der Waals surface area contributed by atoms with Crippen LogP contribution < -0.4 is 4.74 Å². The van der Waals surface area contributed by atoms with Gasteiger partial charge in [0.1, 0.15) is 5.75 Å². The van der Waals surface area contributed by atoms with Gasteiger partial charge in [-0.05, 0) is 31.2 Å². The first kappa shape index (κ1) is 13.1. The van der Waals surface area contributed by atoms with Gasteiger partial charge in [0.15, 0.2) is 0 Å². The average molecular weight is 290 g/mol. The molecule has 4 nitrogen and oxygen atoms in total. The van der Waals surface area contributed by atoms with Crippen molar-refractivity contribution in [1.82, 2.24) is 14.3 Å². The smallest absolute Gasteiger partial charge is 0.119 e. The monoisotopic (exact) mass is 289 g/mol. The van der Waals surface area contributed by atoms with E-state index in [-0.39, 0.29) is 0 Å². The molecule has 0 aliphatic carbocycles. The second-order valence-corrected chi connectivity index (χ2v) is 5.22. The van der Waals surface area contributed by atoms with E-state index in [0.29, 0.717) is 6.54 Å². The Bertz CT molecular complexity index is 773. The molecule has 0 fully saturated rings. The molecule has 0 unspecified atom stereocenters. The highest BCUT2D eigenvalue weighted by Gasteiger charge is 2.12. The Hall–Kier alpha value is -1.94.